The van der Waals surface area contributed by atoms with Crippen molar-refractivity contribution < 1.29 is 4.79 Å². The standard InChI is InChI=1S/C18H30N2O/c1-13(2)11-15-7-9-16(10-8-15)18(14(3)4)19-12-17(21)20(5)6/h7-10,13-14,18-19H,11-12H2,1-6H3. The third-order valence-electron chi connectivity index (χ3n) is 3.62. The number of amides is 1. The van der Waals surface area contributed by atoms with Gasteiger partial charge in [-0.1, -0.05) is 52.0 Å². The zero-order valence-corrected chi connectivity index (χ0v) is 14.3. The fraction of sp³-hybridized carbons (Fsp3) is 0.611. The van der Waals surface area contributed by atoms with Gasteiger partial charge in [-0.3, -0.25) is 4.79 Å². The highest BCUT2D eigenvalue weighted by Crippen LogP contribution is 2.22. The van der Waals surface area contributed by atoms with Crippen molar-refractivity contribution in [1.29, 1.82) is 0 Å². The van der Waals surface area contributed by atoms with Gasteiger partial charge in [0.15, 0.2) is 0 Å². The van der Waals surface area contributed by atoms with Crippen LogP contribution >= 0.6 is 0 Å². The number of likely N-dealkylation sites (N-methyl/N-ethyl adjacent to an activating group) is 1. The van der Waals surface area contributed by atoms with Gasteiger partial charge in [-0.25, -0.2) is 0 Å². The van der Waals surface area contributed by atoms with Crippen LogP contribution in [0.5, 0.6) is 0 Å². The number of rotatable bonds is 7. The van der Waals surface area contributed by atoms with Crippen LogP contribution in [0.15, 0.2) is 24.3 Å². The first-order chi connectivity index (χ1) is 9.81. The molecule has 0 radical (unpaired) electrons. The molecule has 1 N–H and O–H groups in total. The molecule has 0 bridgehead atoms. The smallest absolute Gasteiger partial charge is 0.236 e. The van der Waals surface area contributed by atoms with Gasteiger partial charge in [0.25, 0.3) is 0 Å². The minimum atomic E-state index is 0.108. The number of hydrogen-bond donors (Lipinski definition) is 1. The predicted molar refractivity (Wildman–Crippen MR) is 89.3 cm³/mol. The highest BCUT2D eigenvalue weighted by molar-refractivity contribution is 5.77. The lowest BCUT2D eigenvalue weighted by Gasteiger charge is -2.24. The Morgan fingerprint density at radius 1 is 1.10 bits per heavy atom. The summed E-state index contributed by atoms with van der Waals surface area (Å²) in [6, 6.07) is 9.01. The summed E-state index contributed by atoms with van der Waals surface area (Å²) >= 11 is 0. The van der Waals surface area contributed by atoms with Crippen LogP contribution in [0.2, 0.25) is 0 Å². The fourth-order valence-corrected chi connectivity index (χ4v) is 2.43. The SMILES string of the molecule is CC(C)Cc1ccc(C(NCC(=O)N(C)C)C(C)C)cc1. The fourth-order valence-electron chi connectivity index (χ4n) is 2.43. The number of carbonyl (C=O) groups is 1. The maximum absolute atomic E-state index is 11.7. The minimum absolute atomic E-state index is 0.108. The van der Waals surface area contributed by atoms with Crippen LogP contribution in [0.3, 0.4) is 0 Å². The average molecular weight is 290 g/mol. The first kappa shape index (κ1) is 17.7. The molecular weight excluding hydrogens is 260 g/mol. The molecule has 1 aromatic rings. The quantitative estimate of drug-likeness (QED) is 0.836. The zero-order valence-electron chi connectivity index (χ0n) is 14.3. The Morgan fingerprint density at radius 2 is 1.67 bits per heavy atom. The van der Waals surface area contributed by atoms with Crippen LogP contribution in [0.4, 0.5) is 0 Å². The second kappa shape index (κ2) is 8.18. The summed E-state index contributed by atoms with van der Waals surface area (Å²) < 4.78 is 0. The molecule has 1 aromatic carbocycles. The molecule has 118 valence electrons. The van der Waals surface area contributed by atoms with Crippen LogP contribution in [0, 0.1) is 11.8 Å². The van der Waals surface area contributed by atoms with Crippen LogP contribution in [0.1, 0.15) is 44.9 Å². The van der Waals surface area contributed by atoms with Crippen molar-refractivity contribution in [2.24, 2.45) is 11.8 Å². The highest BCUT2D eigenvalue weighted by Gasteiger charge is 2.17. The first-order valence-corrected chi connectivity index (χ1v) is 7.83. The van der Waals surface area contributed by atoms with Gasteiger partial charge in [0, 0.05) is 20.1 Å². The van der Waals surface area contributed by atoms with E-state index < -0.39 is 0 Å². The summed E-state index contributed by atoms with van der Waals surface area (Å²) in [5.74, 6) is 1.22. The molecule has 21 heavy (non-hydrogen) atoms. The van der Waals surface area contributed by atoms with Crippen molar-refractivity contribution >= 4 is 5.91 Å². The number of nitrogens with one attached hydrogen (secondary N) is 1. The number of carbonyl (C=O) groups excluding carboxylic acids is 1. The molecule has 3 nitrogen and oxygen atoms in total. The van der Waals surface area contributed by atoms with Crippen LogP contribution in [-0.2, 0) is 11.2 Å². The largest absolute Gasteiger partial charge is 0.348 e. The molecule has 0 aliphatic heterocycles. The molecule has 0 fully saturated rings. The topological polar surface area (TPSA) is 32.3 Å². The summed E-state index contributed by atoms with van der Waals surface area (Å²) in [4.78, 5) is 13.4. The van der Waals surface area contributed by atoms with Gasteiger partial charge in [-0.05, 0) is 29.4 Å². The van der Waals surface area contributed by atoms with E-state index in [9.17, 15) is 4.79 Å². The van der Waals surface area contributed by atoms with Crippen molar-refractivity contribution in [3.63, 3.8) is 0 Å². The lowest BCUT2D eigenvalue weighted by atomic mass is 9.93. The maximum atomic E-state index is 11.7. The molecule has 3 heteroatoms. The average Bonchev–Trinajstić information content (AvgIpc) is 2.39. The minimum Gasteiger partial charge on any atom is -0.348 e. The van der Waals surface area contributed by atoms with E-state index in [1.165, 1.54) is 11.1 Å². The highest BCUT2D eigenvalue weighted by atomic mass is 16.2. The molecular formula is C18H30N2O. The van der Waals surface area contributed by atoms with E-state index in [1.54, 1.807) is 19.0 Å². The number of nitrogens with zero attached hydrogens (tertiary/aromatic N) is 1. The first-order valence-electron chi connectivity index (χ1n) is 7.83. The van der Waals surface area contributed by atoms with Crippen LogP contribution in [-0.4, -0.2) is 31.4 Å². The van der Waals surface area contributed by atoms with Crippen molar-refractivity contribution in [2.45, 2.75) is 40.2 Å². The van der Waals surface area contributed by atoms with Crippen molar-refractivity contribution in [1.82, 2.24) is 10.2 Å². The summed E-state index contributed by atoms with van der Waals surface area (Å²) in [6.07, 6.45) is 1.11. The zero-order chi connectivity index (χ0) is 16.0. The Balaban J connectivity index is 2.74. The van der Waals surface area contributed by atoms with E-state index in [1.807, 2.05) is 0 Å². The van der Waals surface area contributed by atoms with Gasteiger partial charge in [0.2, 0.25) is 5.91 Å². The number of benzene rings is 1. The maximum Gasteiger partial charge on any atom is 0.236 e. The Labute approximate surface area is 129 Å². The third-order valence-corrected chi connectivity index (χ3v) is 3.62. The summed E-state index contributed by atoms with van der Waals surface area (Å²) in [7, 11) is 3.57. The van der Waals surface area contributed by atoms with Gasteiger partial charge in [0.1, 0.15) is 0 Å². The molecule has 0 spiro atoms. The Morgan fingerprint density at radius 3 is 2.10 bits per heavy atom. The lowest BCUT2D eigenvalue weighted by Crippen LogP contribution is -2.36. The lowest BCUT2D eigenvalue weighted by molar-refractivity contribution is -0.127. The van der Waals surface area contributed by atoms with Crippen molar-refractivity contribution in [2.75, 3.05) is 20.6 Å². The number of hydrogen-bond acceptors (Lipinski definition) is 2. The van der Waals surface area contributed by atoms with E-state index in [0.29, 0.717) is 18.4 Å². The predicted octanol–water partition coefficient (Wildman–Crippen LogP) is 3.26. The van der Waals surface area contributed by atoms with Crippen molar-refractivity contribution in [3.8, 4) is 0 Å². The molecule has 0 saturated heterocycles. The van der Waals surface area contributed by atoms with Crippen LogP contribution in [0.25, 0.3) is 0 Å². The molecule has 1 amide bonds. The second-order valence-corrected chi connectivity index (χ2v) is 6.73. The summed E-state index contributed by atoms with van der Waals surface area (Å²) in [5.41, 5.74) is 2.63. The van der Waals surface area contributed by atoms with Gasteiger partial charge >= 0.3 is 0 Å². The Kier molecular flexibility index (Phi) is 6.90. The van der Waals surface area contributed by atoms with Crippen molar-refractivity contribution in [3.05, 3.63) is 35.4 Å². The summed E-state index contributed by atoms with van der Waals surface area (Å²) in [5, 5.41) is 3.39. The molecule has 0 aliphatic rings. The van der Waals surface area contributed by atoms with Gasteiger partial charge in [-0.15, -0.1) is 0 Å². The van der Waals surface area contributed by atoms with E-state index >= 15 is 0 Å². The van der Waals surface area contributed by atoms with E-state index in [-0.39, 0.29) is 11.9 Å². The Bertz CT molecular complexity index is 435. The molecule has 0 aromatic heterocycles. The molecule has 1 rings (SSSR count). The summed E-state index contributed by atoms with van der Waals surface area (Å²) in [6.45, 7) is 9.21. The second-order valence-electron chi connectivity index (χ2n) is 6.73. The van der Waals surface area contributed by atoms with Gasteiger partial charge in [-0.2, -0.15) is 0 Å². The third kappa shape index (κ3) is 5.88. The normalized spacial score (nSPS) is 12.8. The molecule has 1 unspecified atom stereocenters. The molecule has 0 heterocycles. The van der Waals surface area contributed by atoms with E-state index in [4.69, 9.17) is 0 Å². The molecule has 0 saturated carbocycles. The van der Waals surface area contributed by atoms with Crippen LogP contribution < -0.4 is 5.32 Å². The molecule has 1 atom stereocenters. The van der Waals surface area contributed by atoms with Gasteiger partial charge in [0.05, 0.1) is 6.54 Å². The van der Waals surface area contributed by atoms with E-state index in [0.717, 1.165) is 6.42 Å². The molecule has 0 aliphatic carbocycles. The van der Waals surface area contributed by atoms with E-state index in [2.05, 4.69) is 57.3 Å². The Hall–Kier alpha value is -1.35. The van der Waals surface area contributed by atoms with Gasteiger partial charge < -0.3 is 10.2 Å². The monoisotopic (exact) mass is 290 g/mol.